The molecule has 0 aromatic heterocycles. The average molecular weight is 280 g/mol. The van der Waals surface area contributed by atoms with Crippen LogP contribution in [-0.4, -0.2) is 51.9 Å². The van der Waals surface area contributed by atoms with Gasteiger partial charge in [0.15, 0.2) is 5.71 Å². The van der Waals surface area contributed by atoms with Gasteiger partial charge in [0.2, 0.25) is 5.91 Å². The van der Waals surface area contributed by atoms with Crippen LogP contribution in [0.5, 0.6) is 0 Å². The molecule has 2 rings (SSSR count). The minimum atomic E-state index is -0.123. The van der Waals surface area contributed by atoms with Crippen molar-refractivity contribution in [1.29, 1.82) is 0 Å². The minimum Gasteiger partial charge on any atom is -0.282 e. The Kier molecular flexibility index (Phi) is 4.16. The van der Waals surface area contributed by atoms with E-state index in [9.17, 15) is 9.59 Å². The van der Waals surface area contributed by atoms with E-state index in [-0.39, 0.29) is 18.0 Å². The molecule has 2 fully saturated rings. The van der Waals surface area contributed by atoms with Crippen molar-refractivity contribution in [3.05, 3.63) is 0 Å². The lowest BCUT2D eigenvalue weighted by Gasteiger charge is -2.24. The first-order valence-corrected chi connectivity index (χ1v) is 7.56. The number of hydrazone groups is 1. The Morgan fingerprint density at radius 1 is 1.15 bits per heavy atom. The second kappa shape index (κ2) is 5.54. The third kappa shape index (κ3) is 2.45. The highest BCUT2D eigenvalue weighted by Crippen LogP contribution is 2.25. The molecule has 2 heterocycles. The number of rotatable bonds is 3. The molecule has 0 aromatic rings. The summed E-state index contributed by atoms with van der Waals surface area (Å²) in [5.74, 6) is 0.968. The molecule has 1 atom stereocenters. The standard InChI is InChI=1S/C15H26N3O2/c1-10(2)15(11(3)4)18-12(9-14(20)16(18)5)17-8-6-7-13(17)19/h10-12H,6-9H2,1-5H3/q+1. The predicted molar refractivity (Wildman–Crippen MR) is 77.1 cm³/mol. The molecule has 20 heavy (non-hydrogen) atoms. The van der Waals surface area contributed by atoms with Gasteiger partial charge in [-0.15, -0.1) is 5.01 Å². The van der Waals surface area contributed by atoms with E-state index in [1.807, 2.05) is 11.9 Å². The molecule has 5 heteroatoms. The number of likely N-dealkylation sites (tertiary alicyclic amines) is 1. The van der Waals surface area contributed by atoms with E-state index in [1.54, 1.807) is 5.01 Å². The van der Waals surface area contributed by atoms with Crippen LogP contribution in [0.25, 0.3) is 0 Å². The van der Waals surface area contributed by atoms with Crippen molar-refractivity contribution in [2.45, 2.75) is 53.1 Å². The molecule has 2 aliphatic rings. The highest BCUT2D eigenvalue weighted by molar-refractivity contribution is 5.86. The maximum Gasteiger partial charge on any atom is 0.285 e. The van der Waals surface area contributed by atoms with Gasteiger partial charge in [-0.05, 0) is 6.42 Å². The van der Waals surface area contributed by atoms with Crippen LogP contribution in [0.4, 0.5) is 0 Å². The van der Waals surface area contributed by atoms with Gasteiger partial charge < -0.3 is 0 Å². The van der Waals surface area contributed by atoms with Crippen molar-refractivity contribution in [3.63, 3.8) is 0 Å². The van der Waals surface area contributed by atoms with Gasteiger partial charge >= 0.3 is 0 Å². The fraction of sp³-hybridized carbons (Fsp3) is 0.800. The number of hydrogen-bond acceptors (Lipinski definition) is 2. The molecular weight excluding hydrogens is 254 g/mol. The first kappa shape index (κ1) is 15.0. The van der Waals surface area contributed by atoms with Crippen molar-refractivity contribution in [2.75, 3.05) is 13.6 Å². The minimum absolute atomic E-state index is 0.0912. The molecule has 0 spiro atoms. The van der Waals surface area contributed by atoms with Gasteiger partial charge in [0.25, 0.3) is 12.1 Å². The molecule has 0 aliphatic carbocycles. The lowest BCUT2D eigenvalue weighted by Crippen LogP contribution is -2.48. The number of nitrogens with zero attached hydrogens (tertiary/aromatic N) is 3. The van der Waals surface area contributed by atoms with Gasteiger partial charge in [-0.2, -0.15) is 0 Å². The summed E-state index contributed by atoms with van der Waals surface area (Å²) in [5, 5.41) is 1.70. The second-order valence-corrected chi connectivity index (χ2v) is 6.37. The molecule has 0 aromatic carbocycles. The first-order valence-electron chi connectivity index (χ1n) is 7.56. The molecule has 2 amide bonds. The smallest absolute Gasteiger partial charge is 0.282 e. The summed E-state index contributed by atoms with van der Waals surface area (Å²) >= 11 is 0. The Morgan fingerprint density at radius 2 is 1.75 bits per heavy atom. The van der Waals surface area contributed by atoms with Crippen molar-refractivity contribution in [2.24, 2.45) is 11.8 Å². The lowest BCUT2D eigenvalue weighted by molar-refractivity contribution is -0.694. The second-order valence-electron chi connectivity index (χ2n) is 6.37. The number of carbonyl (C=O) groups is 2. The Bertz CT molecular complexity index is 444. The van der Waals surface area contributed by atoms with E-state index >= 15 is 0 Å². The summed E-state index contributed by atoms with van der Waals surface area (Å²) in [7, 11) is 1.81. The van der Waals surface area contributed by atoms with E-state index in [0.29, 0.717) is 24.7 Å². The van der Waals surface area contributed by atoms with Crippen molar-refractivity contribution in [3.8, 4) is 0 Å². The van der Waals surface area contributed by atoms with Crippen LogP contribution in [0.2, 0.25) is 0 Å². The van der Waals surface area contributed by atoms with Crippen LogP contribution in [-0.2, 0) is 9.59 Å². The van der Waals surface area contributed by atoms with Gasteiger partial charge in [-0.25, -0.2) is 0 Å². The molecule has 0 N–H and O–H groups in total. The normalized spacial score (nSPS) is 23.8. The Balaban J connectivity index is 2.47. The number of hydrazine groups is 1. The maximum atomic E-state index is 12.1. The zero-order chi connectivity index (χ0) is 15.0. The number of carbonyl (C=O) groups excluding carboxylic acids is 2. The molecule has 112 valence electrons. The average Bonchev–Trinajstić information content (AvgIpc) is 2.87. The Morgan fingerprint density at radius 3 is 2.20 bits per heavy atom. The zero-order valence-electron chi connectivity index (χ0n) is 13.2. The summed E-state index contributed by atoms with van der Waals surface area (Å²) in [5.41, 5.74) is 1.23. The largest absolute Gasteiger partial charge is 0.285 e. The fourth-order valence-electron chi connectivity index (χ4n) is 3.46. The van der Waals surface area contributed by atoms with E-state index in [1.165, 1.54) is 5.71 Å². The Labute approximate surface area is 121 Å². The van der Waals surface area contributed by atoms with Crippen LogP contribution >= 0.6 is 0 Å². The van der Waals surface area contributed by atoms with Gasteiger partial charge in [-0.1, -0.05) is 32.4 Å². The SMILES string of the molecule is CC(C)C(C(C)C)=[N+]1C(N2CCCC2=O)CC(=O)N1C. The summed E-state index contributed by atoms with van der Waals surface area (Å²) in [6.07, 6.45) is 1.80. The molecule has 0 bridgehead atoms. The topological polar surface area (TPSA) is 43.6 Å². The molecule has 0 saturated carbocycles. The molecule has 5 nitrogen and oxygen atoms in total. The third-order valence-electron chi connectivity index (χ3n) is 4.24. The van der Waals surface area contributed by atoms with Crippen LogP contribution < -0.4 is 0 Å². The molecule has 1 unspecified atom stereocenters. The van der Waals surface area contributed by atoms with Crippen molar-refractivity contribution < 1.29 is 14.3 Å². The highest BCUT2D eigenvalue weighted by Gasteiger charge is 2.49. The predicted octanol–water partition coefficient (Wildman–Crippen LogP) is 1.48. The van der Waals surface area contributed by atoms with Gasteiger partial charge in [-0.3, -0.25) is 14.5 Å². The third-order valence-corrected chi connectivity index (χ3v) is 4.24. The maximum absolute atomic E-state index is 12.1. The van der Waals surface area contributed by atoms with Gasteiger partial charge in [0.05, 0.1) is 7.05 Å². The number of amides is 2. The van der Waals surface area contributed by atoms with Gasteiger partial charge in [0.1, 0.15) is 6.42 Å². The highest BCUT2D eigenvalue weighted by atomic mass is 16.2. The van der Waals surface area contributed by atoms with Crippen molar-refractivity contribution in [1.82, 2.24) is 9.91 Å². The van der Waals surface area contributed by atoms with E-state index < -0.39 is 0 Å². The van der Waals surface area contributed by atoms with Crippen LogP contribution in [0.1, 0.15) is 47.0 Å². The summed E-state index contributed by atoms with van der Waals surface area (Å²) in [4.78, 5) is 26.1. The van der Waals surface area contributed by atoms with Gasteiger partial charge in [0, 0.05) is 24.8 Å². The fourth-order valence-corrected chi connectivity index (χ4v) is 3.46. The monoisotopic (exact) mass is 280 g/mol. The molecular formula is C15H26N3O2+. The summed E-state index contributed by atoms with van der Waals surface area (Å²) in [6, 6.07) is 0. The van der Waals surface area contributed by atoms with Crippen LogP contribution in [0, 0.1) is 11.8 Å². The quantitative estimate of drug-likeness (QED) is 0.735. The number of hydrogen-bond donors (Lipinski definition) is 0. The Hall–Kier alpha value is -1.39. The molecule has 2 saturated heterocycles. The first-order chi connectivity index (χ1) is 9.34. The zero-order valence-corrected chi connectivity index (χ0v) is 13.2. The van der Waals surface area contributed by atoms with E-state index in [4.69, 9.17) is 0 Å². The molecule has 2 aliphatic heterocycles. The lowest BCUT2D eigenvalue weighted by atomic mass is 9.97. The van der Waals surface area contributed by atoms with E-state index in [2.05, 4.69) is 32.4 Å². The summed E-state index contributed by atoms with van der Waals surface area (Å²) < 4.78 is 2.07. The summed E-state index contributed by atoms with van der Waals surface area (Å²) in [6.45, 7) is 9.36. The molecule has 0 radical (unpaired) electrons. The van der Waals surface area contributed by atoms with Crippen LogP contribution in [0.15, 0.2) is 0 Å². The van der Waals surface area contributed by atoms with Crippen molar-refractivity contribution >= 4 is 17.5 Å². The van der Waals surface area contributed by atoms with E-state index in [0.717, 1.165) is 13.0 Å². The van der Waals surface area contributed by atoms with Crippen LogP contribution in [0.3, 0.4) is 0 Å².